The first-order valence-corrected chi connectivity index (χ1v) is 6.56. The SMILES string of the molecule is CC(CC1CC1)Nc1ccc2ccccc2c1. The van der Waals surface area contributed by atoms with Gasteiger partial charge in [0.1, 0.15) is 0 Å². The van der Waals surface area contributed by atoms with Crippen LogP contribution in [0.5, 0.6) is 0 Å². The molecule has 3 rings (SSSR count). The molecule has 1 N–H and O–H groups in total. The van der Waals surface area contributed by atoms with E-state index in [1.54, 1.807) is 0 Å². The van der Waals surface area contributed by atoms with Gasteiger partial charge in [0, 0.05) is 11.7 Å². The van der Waals surface area contributed by atoms with Gasteiger partial charge in [-0.3, -0.25) is 0 Å². The average Bonchev–Trinajstić information content (AvgIpc) is 3.12. The van der Waals surface area contributed by atoms with Crippen LogP contribution < -0.4 is 5.32 Å². The van der Waals surface area contributed by atoms with E-state index in [9.17, 15) is 0 Å². The van der Waals surface area contributed by atoms with Gasteiger partial charge in [0.05, 0.1) is 0 Å². The van der Waals surface area contributed by atoms with E-state index in [-0.39, 0.29) is 0 Å². The lowest BCUT2D eigenvalue weighted by Gasteiger charge is -2.15. The number of anilines is 1. The molecule has 1 heteroatoms. The molecule has 0 bridgehead atoms. The van der Waals surface area contributed by atoms with Gasteiger partial charge in [-0.2, -0.15) is 0 Å². The molecule has 1 aliphatic carbocycles. The molecule has 1 nitrogen and oxygen atoms in total. The number of hydrogen-bond donors (Lipinski definition) is 1. The second kappa shape index (κ2) is 4.40. The standard InChI is InChI=1S/C16H19N/c1-12(10-13-6-7-13)17-16-9-8-14-4-2-3-5-15(14)11-16/h2-5,8-9,11-13,17H,6-7,10H2,1H3. The van der Waals surface area contributed by atoms with Crippen molar-refractivity contribution in [3.8, 4) is 0 Å². The maximum Gasteiger partial charge on any atom is 0.0348 e. The monoisotopic (exact) mass is 225 g/mol. The van der Waals surface area contributed by atoms with E-state index in [1.165, 1.54) is 35.7 Å². The van der Waals surface area contributed by atoms with Crippen molar-refractivity contribution in [2.45, 2.75) is 32.2 Å². The van der Waals surface area contributed by atoms with E-state index in [1.807, 2.05) is 0 Å². The van der Waals surface area contributed by atoms with Crippen molar-refractivity contribution in [3.63, 3.8) is 0 Å². The third-order valence-electron chi connectivity index (χ3n) is 3.55. The van der Waals surface area contributed by atoms with Crippen LogP contribution in [0, 0.1) is 5.92 Å². The van der Waals surface area contributed by atoms with Crippen LogP contribution in [0.1, 0.15) is 26.2 Å². The Bertz CT molecular complexity index is 514. The fraction of sp³-hybridized carbons (Fsp3) is 0.375. The molecule has 1 unspecified atom stereocenters. The molecule has 2 aromatic carbocycles. The molecule has 1 saturated carbocycles. The van der Waals surface area contributed by atoms with Crippen molar-refractivity contribution >= 4 is 16.5 Å². The Morgan fingerprint density at radius 2 is 1.88 bits per heavy atom. The number of fused-ring (bicyclic) bond motifs is 1. The van der Waals surface area contributed by atoms with E-state index in [4.69, 9.17) is 0 Å². The quantitative estimate of drug-likeness (QED) is 0.811. The van der Waals surface area contributed by atoms with Crippen molar-refractivity contribution in [2.24, 2.45) is 5.92 Å². The zero-order valence-electron chi connectivity index (χ0n) is 10.3. The minimum absolute atomic E-state index is 0.587. The third-order valence-corrected chi connectivity index (χ3v) is 3.55. The Balaban J connectivity index is 1.75. The fourth-order valence-corrected chi connectivity index (χ4v) is 2.48. The number of hydrogen-bond acceptors (Lipinski definition) is 1. The van der Waals surface area contributed by atoms with Crippen LogP contribution in [0.2, 0.25) is 0 Å². The Morgan fingerprint density at radius 3 is 2.65 bits per heavy atom. The highest BCUT2D eigenvalue weighted by molar-refractivity contribution is 5.85. The predicted octanol–water partition coefficient (Wildman–Crippen LogP) is 4.44. The van der Waals surface area contributed by atoms with Gasteiger partial charge in [0.2, 0.25) is 0 Å². The topological polar surface area (TPSA) is 12.0 Å². The lowest BCUT2D eigenvalue weighted by Crippen LogP contribution is -2.15. The van der Waals surface area contributed by atoms with Crippen LogP contribution >= 0.6 is 0 Å². The van der Waals surface area contributed by atoms with Crippen LogP contribution in [0.4, 0.5) is 5.69 Å². The molecule has 2 aromatic rings. The smallest absolute Gasteiger partial charge is 0.0348 e. The van der Waals surface area contributed by atoms with Crippen molar-refractivity contribution in [1.29, 1.82) is 0 Å². The molecule has 0 aliphatic heterocycles. The largest absolute Gasteiger partial charge is 0.383 e. The first-order valence-electron chi connectivity index (χ1n) is 6.56. The first kappa shape index (κ1) is 10.6. The molecular formula is C16H19N. The van der Waals surface area contributed by atoms with E-state index in [2.05, 4.69) is 54.7 Å². The maximum absolute atomic E-state index is 3.61. The summed E-state index contributed by atoms with van der Waals surface area (Å²) in [7, 11) is 0. The molecule has 0 heterocycles. The highest BCUT2D eigenvalue weighted by Crippen LogP contribution is 2.34. The predicted molar refractivity (Wildman–Crippen MR) is 74.4 cm³/mol. The molecule has 1 fully saturated rings. The molecule has 1 atom stereocenters. The summed E-state index contributed by atoms with van der Waals surface area (Å²) in [5.74, 6) is 0.984. The van der Waals surface area contributed by atoms with Crippen LogP contribution in [0.25, 0.3) is 10.8 Å². The second-order valence-electron chi connectivity index (χ2n) is 5.29. The van der Waals surface area contributed by atoms with Gasteiger partial charge >= 0.3 is 0 Å². The molecule has 0 aromatic heterocycles. The van der Waals surface area contributed by atoms with Gasteiger partial charge in [-0.1, -0.05) is 43.2 Å². The molecule has 88 valence electrons. The van der Waals surface area contributed by atoms with Crippen LogP contribution in [-0.2, 0) is 0 Å². The van der Waals surface area contributed by atoms with Crippen LogP contribution in [0.15, 0.2) is 42.5 Å². The molecule has 17 heavy (non-hydrogen) atoms. The summed E-state index contributed by atoms with van der Waals surface area (Å²) in [6, 6.07) is 15.7. The van der Waals surface area contributed by atoms with Gasteiger partial charge in [-0.05, 0) is 42.2 Å². The zero-order chi connectivity index (χ0) is 11.7. The molecular weight excluding hydrogens is 206 g/mol. The fourth-order valence-electron chi connectivity index (χ4n) is 2.48. The summed E-state index contributed by atoms with van der Waals surface area (Å²) in [6.07, 6.45) is 4.18. The van der Waals surface area contributed by atoms with Crippen molar-refractivity contribution < 1.29 is 0 Å². The van der Waals surface area contributed by atoms with Gasteiger partial charge in [-0.25, -0.2) is 0 Å². The zero-order valence-corrected chi connectivity index (χ0v) is 10.3. The minimum Gasteiger partial charge on any atom is -0.383 e. The van der Waals surface area contributed by atoms with Crippen molar-refractivity contribution in [3.05, 3.63) is 42.5 Å². The van der Waals surface area contributed by atoms with E-state index in [0.29, 0.717) is 6.04 Å². The summed E-state index contributed by atoms with van der Waals surface area (Å²) >= 11 is 0. The summed E-state index contributed by atoms with van der Waals surface area (Å²) in [6.45, 7) is 2.29. The lowest BCUT2D eigenvalue weighted by atomic mass is 10.1. The van der Waals surface area contributed by atoms with Gasteiger partial charge in [0.15, 0.2) is 0 Å². The van der Waals surface area contributed by atoms with E-state index in [0.717, 1.165) is 5.92 Å². The number of benzene rings is 2. The Labute approximate surface area is 103 Å². The summed E-state index contributed by atoms with van der Waals surface area (Å²) in [5.41, 5.74) is 1.25. The van der Waals surface area contributed by atoms with E-state index >= 15 is 0 Å². The highest BCUT2D eigenvalue weighted by atomic mass is 14.9. The summed E-state index contributed by atoms with van der Waals surface area (Å²) < 4.78 is 0. The van der Waals surface area contributed by atoms with Gasteiger partial charge < -0.3 is 5.32 Å². The second-order valence-corrected chi connectivity index (χ2v) is 5.29. The summed E-state index contributed by atoms with van der Waals surface area (Å²) in [5, 5.41) is 6.23. The Kier molecular flexibility index (Phi) is 2.76. The van der Waals surface area contributed by atoms with E-state index < -0.39 is 0 Å². The molecule has 0 amide bonds. The minimum atomic E-state index is 0.587. The number of rotatable bonds is 4. The Hall–Kier alpha value is -1.50. The van der Waals surface area contributed by atoms with Crippen molar-refractivity contribution in [2.75, 3.05) is 5.32 Å². The van der Waals surface area contributed by atoms with Crippen molar-refractivity contribution in [1.82, 2.24) is 0 Å². The van der Waals surface area contributed by atoms with Gasteiger partial charge in [0.25, 0.3) is 0 Å². The average molecular weight is 225 g/mol. The lowest BCUT2D eigenvalue weighted by molar-refractivity contribution is 0.642. The first-order chi connectivity index (χ1) is 8.31. The summed E-state index contributed by atoms with van der Waals surface area (Å²) in [4.78, 5) is 0. The van der Waals surface area contributed by atoms with Crippen LogP contribution in [0.3, 0.4) is 0 Å². The maximum atomic E-state index is 3.61. The van der Waals surface area contributed by atoms with Crippen LogP contribution in [-0.4, -0.2) is 6.04 Å². The molecule has 0 radical (unpaired) electrons. The van der Waals surface area contributed by atoms with Gasteiger partial charge in [-0.15, -0.1) is 0 Å². The Morgan fingerprint density at radius 1 is 1.12 bits per heavy atom. The normalized spacial score (nSPS) is 17.0. The highest BCUT2D eigenvalue weighted by Gasteiger charge is 2.23. The molecule has 0 spiro atoms. The third kappa shape index (κ3) is 2.60. The molecule has 1 aliphatic rings. The molecule has 0 saturated heterocycles. The number of nitrogens with one attached hydrogen (secondary N) is 1.